The third-order valence-corrected chi connectivity index (χ3v) is 3.52. The molecule has 2 nitrogen and oxygen atoms in total. The average Bonchev–Trinajstić information content (AvgIpc) is 2.44. The van der Waals surface area contributed by atoms with E-state index in [2.05, 4.69) is 67.8 Å². The predicted molar refractivity (Wildman–Crippen MR) is 80.8 cm³/mol. The van der Waals surface area contributed by atoms with Crippen molar-refractivity contribution in [1.29, 1.82) is 0 Å². The van der Waals surface area contributed by atoms with E-state index in [1.165, 1.54) is 28.7 Å². The van der Waals surface area contributed by atoms with E-state index in [1.807, 2.05) is 0 Å². The van der Waals surface area contributed by atoms with Crippen LogP contribution in [0.1, 0.15) is 41.6 Å². The molecule has 0 bridgehead atoms. The van der Waals surface area contributed by atoms with Crippen LogP contribution in [-0.2, 0) is 6.42 Å². The lowest BCUT2D eigenvalue weighted by atomic mass is 9.94. The van der Waals surface area contributed by atoms with Crippen LogP contribution in [0.4, 0.5) is 0 Å². The highest BCUT2D eigenvalue weighted by Gasteiger charge is 2.13. The van der Waals surface area contributed by atoms with Crippen LogP contribution in [-0.4, -0.2) is 0 Å². The maximum atomic E-state index is 5.75. The first-order valence-corrected chi connectivity index (χ1v) is 6.86. The summed E-state index contributed by atoms with van der Waals surface area (Å²) in [6.07, 6.45) is 2.31. The Hall–Kier alpha value is -1.64. The molecule has 2 aromatic rings. The summed E-state index contributed by atoms with van der Waals surface area (Å²) in [4.78, 5) is 0. The molecule has 0 aliphatic carbocycles. The second-order valence-corrected chi connectivity index (χ2v) is 4.95. The smallest absolute Gasteiger partial charge is 0.0712 e. The second kappa shape index (κ2) is 6.50. The fourth-order valence-electron chi connectivity index (χ4n) is 2.44. The Kier molecular flexibility index (Phi) is 4.72. The SMILES string of the molecule is CCCc1ccc(C(NN)c2ccccc2C)cc1. The van der Waals surface area contributed by atoms with Gasteiger partial charge in [-0.25, -0.2) is 5.43 Å². The average molecular weight is 254 g/mol. The summed E-state index contributed by atoms with van der Waals surface area (Å²) in [5.74, 6) is 5.75. The monoisotopic (exact) mass is 254 g/mol. The molecule has 2 heteroatoms. The van der Waals surface area contributed by atoms with Gasteiger partial charge >= 0.3 is 0 Å². The van der Waals surface area contributed by atoms with E-state index in [1.54, 1.807) is 0 Å². The topological polar surface area (TPSA) is 38.0 Å². The van der Waals surface area contributed by atoms with Crippen LogP contribution in [0.2, 0.25) is 0 Å². The number of rotatable bonds is 5. The van der Waals surface area contributed by atoms with Crippen molar-refractivity contribution in [1.82, 2.24) is 5.43 Å². The molecule has 0 aromatic heterocycles. The summed E-state index contributed by atoms with van der Waals surface area (Å²) >= 11 is 0. The third-order valence-electron chi connectivity index (χ3n) is 3.52. The fraction of sp³-hybridized carbons (Fsp3) is 0.294. The molecule has 0 aliphatic rings. The number of hydrogen-bond acceptors (Lipinski definition) is 2. The zero-order chi connectivity index (χ0) is 13.7. The molecule has 1 unspecified atom stereocenters. The maximum absolute atomic E-state index is 5.75. The van der Waals surface area contributed by atoms with Crippen molar-refractivity contribution in [3.8, 4) is 0 Å². The summed E-state index contributed by atoms with van der Waals surface area (Å²) in [7, 11) is 0. The molecule has 0 radical (unpaired) electrons. The Bertz CT molecular complexity index is 517. The van der Waals surface area contributed by atoms with E-state index < -0.39 is 0 Å². The van der Waals surface area contributed by atoms with Crippen LogP contribution < -0.4 is 11.3 Å². The first kappa shape index (κ1) is 13.8. The molecule has 0 heterocycles. The lowest BCUT2D eigenvalue weighted by Gasteiger charge is -2.19. The van der Waals surface area contributed by atoms with Crippen molar-refractivity contribution >= 4 is 0 Å². The van der Waals surface area contributed by atoms with Gasteiger partial charge in [0.25, 0.3) is 0 Å². The molecule has 19 heavy (non-hydrogen) atoms. The number of nitrogens with two attached hydrogens (primary N) is 1. The Balaban J connectivity index is 2.29. The highest BCUT2D eigenvalue weighted by molar-refractivity contribution is 5.37. The van der Waals surface area contributed by atoms with Gasteiger partial charge < -0.3 is 0 Å². The summed E-state index contributed by atoms with van der Waals surface area (Å²) in [5.41, 5.74) is 8.00. The summed E-state index contributed by atoms with van der Waals surface area (Å²) in [5, 5.41) is 0. The minimum atomic E-state index is 0.0527. The van der Waals surface area contributed by atoms with Crippen LogP contribution in [0.3, 0.4) is 0 Å². The Morgan fingerprint density at radius 2 is 1.74 bits per heavy atom. The molecule has 0 aliphatic heterocycles. The number of hydrazine groups is 1. The molecule has 0 fully saturated rings. The van der Waals surface area contributed by atoms with Gasteiger partial charge in [-0.05, 0) is 35.6 Å². The van der Waals surface area contributed by atoms with Crippen molar-refractivity contribution in [2.45, 2.75) is 32.7 Å². The molecule has 2 aromatic carbocycles. The minimum absolute atomic E-state index is 0.0527. The van der Waals surface area contributed by atoms with Crippen LogP contribution in [0, 0.1) is 6.92 Å². The van der Waals surface area contributed by atoms with E-state index in [-0.39, 0.29) is 6.04 Å². The van der Waals surface area contributed by atoms with Crippen LogP contribution >= 0.6 is 0 Å². The first-order valence-electron chi connectivity index (χ1n) is 6.86. The molecule has 100 valence electrons. The van der Waals surface area contributed by atoms with E-state index >= 15 is 0 Å². The molecule has 0 amide bonds. The van der Waals surface area contributed by atoms with Crippen LogP contribution in [0.5, 0.6) is 0 Å². The van der Waals surface area contributed by atoms with Crippen LogP contribution in [0.25, 0.3) is 0 Å². The number of aryl methyl sites for hydroxylation is 2. The minimum Gasteiger partial charge on any atom is -0.271 e. The van der Waals surface area contributed by atoms with Gasteiger partial charge in [0.1, 0.15) is 0 Å². The molecule has 0 saturated carbocycles. The van der Waals surface area contributed by atoms with Gasteiger partial charge in [-0.3, -0.25) is 5.84 Å². The van der Waals surface area contributed by atoms with E-state index in [4.69, 9.17) is 5.84 Å². The largest absolute Gasteiger partial charge is 0.271 e. The van der Waals surface area contributed by atoms with Gasteiger partial charge in [-0.15, -0.1) is 0 Å². The number of nitrogens with one attached hydrogen (secondary N) is 1. The Morgan fingerprint density at radius 1 is 1.05 bits per heavy atom. The van der Waals surface area contributed by atoms with E-state index in [0.717, 1.165) is 6.42 Å². The van der Waals surface area contributed by atoms with Gasteiger partial charge in [-0.1, -0.05) is 61.9 Å². The summed E-state index contributed by atoms with van der Waals surface area (Å²) in [6, 6.07) is 17.1. The van der Waals surface area contributed by atoms with Crippen molar-refractivity contribution < 1.29 is 0 Å². The van der Waals surface area contributed by atoms with Gasteiger partial charge in [0.2, 0.25) is 0 Å². The van der Waals surface area contributed by atoms with Crippen molar-refractivity contribution in [2.75, 3.05) is 0 Å². The predicted octanol–water partition coefficient (Wildman–Crippen LogP) is 3.50. The maximum Gasteiger partial charge on any atom is 0.0712 e. The molecule has 2 rings (SSSR count). The Morgan fingerprint density at radius 3 is 2.32 bits per heavy atom. The lowest BCUT2D eigenvalue weighted by molar-refractivity contribution is 0.633. The molecule has 3 N–H and O–H groups in total. The third kappa shape index (κ3) is 3.22. The van der Waals surface area contributed by atoms with Crippen molar-refractivity contribution in [3.05, 3.63) is 70.8 Å². The van der Waals surface area contributed by atoms with Gasteiger partial charge in [0.15, 0.2) is 0 Å². The zero-order valence-electron chi connectivity index (χ0n) is 11.7. The quantitative estimate of drug-likeness (QED) is 0.633. The van der Waals surface area contributed by atoms with Gasteiger partial charge in [-0.2, -0.15) is 0 Å². The molecular formula is C17H22N2. The van der Waals surface area contributed by atoms with Gasteiger partial charge in [0, 0.05) is 0 Å². The molecular weight excluding hydrogens is 232 g/mol. The van der Waals surface area contributed by atoms with Crippen molar-refractivity contribution in [2.24, 2.45) is 5.84 Å². The van der Waals surface area contributed by atoms with E-state index in [9.17, 15) is 0 Å². The van der Waals surface area contributed by atoms with Crippen LogP contribution in [0.15, 0.2) is 48.5 Å². The fourth-order valence-corrected chi connectivity index (χ4v) is 2.44. The lowest BCUT2D eigenvalue weighted by Crippen LogP contribution is -2.29. The molecule has 0 saturated heterocycles. The first-order chi connectivity index (χ1) is 9.26. The highest BCUT2D eigenvalue weighted by Crippen LogP contribution is 2.24. The normalized spacial score (nSPS) is 12.4. The number of hydrogen-bond donors (Lipinski definition) is 2. The standard InChI is InChI=1S/C17H22N2/c1-3-6-14-9-11-15(12-10-14)17(19-18)16-8-5-4-7-13(16)2/h4-5,7-12,17,19H,3,6,18H2,1-2H3. The van der Waals surface area contributed by atoms with Gasteiger partial charge in [0.05, 0.1) is 6.04 Å². The second-order valence-electron chi connectivity index (χ2n) is 4.95. The molecule has 0 spiro atoms. The summed E-state index contributed by atoms with van der Waals surface area (Å²) in [6.45, 7) is 4.32. The number of benzene rings is 2. The zero-order valence-corrected chi connectivity index (χ0v) is 11.7. The Labute approximate surface area is 115 Å². The molecule has 1 atom stereocenters. The highest BCUT2D eigenvalue weighted by atomic mass is 15.2. The van der Waals surface area contributed by atoms with Crippen molar-refractivity contribution in [3.63, 3.8) is 0 Å². The summed E-state index contributed by atoms with van der Waals surface area (Å²) < 4.78 is 0. The van der Waals surface area contributed by atoms with E-state index in [0.29, 0.717) is 0 Å².